The van der Waals surface area contributed by atoms with Gasteiger partial charge in [-0.2, -0.15) is 0 Å². The van der Waals surface area contributed by atoms with Gasteiger partial charge in [0.05, 0.1) is 28.3 Å². The average Bonchev–Trinajstić information content (AvgIpc) is 2.85. The van der Waals surface area contributed by atoms with E-state index in [0.29, 0.717) is 19.6 Å². The Hall–Kier alpha value is -0.930. The van der Waals surface area contributed by atoms with Crippen molar-refractivity contribution >= 4 is 39.1 Å². The Morgan fingerprint density at radius 3 is 2.62 bits per heavy atom. The van der Waals surface area contributed by atoms with Crippen molar-refractivity contribution in [3.8, 4) is 0 Å². The number of nitrogens with one attached hydrogen (secondary N) is 1. The van der Waals surface area contributed by atoms with Gasteiger partial charge in [-0.25, -0.2) is 17.9 Å². The SMILES string of the molecule is NS(=O)(=O)c1c(Cl)c(F)cc(C(=O)NC2CCOC2)c1Cl. The lowest BCUT2D eigenvalue weighted by Crippen LogP contribution is -2.35. The van der Waals surface area contributed by atoms with E-state index in [4.69, 9.17) is 33.1 Å². The summed E-state index contributed by atoms with van der Waals surface area (Å²) >= 11 is 11.4. The number of rotatable bonds is 3. The molecule has 0 saturated carbocycles. The number of halogens is 3. The number of benzene rings is 1. The molecular weight excluding hydrogens is 346 g/mol. The second-order valence-corrected chi connectivity index (χ2v) is 6.70. The highest BCUT2D eigenvalue weighted by molar-refractivity contribution is 7.89. The van der Waals surface area contributed by atoms with Gasteiger partial charge in [0.1, 0.15) is 10.7 Å². The summed E-state index contributed by atoms with van der Waals surface area (Å²) in [6, 6.07) is 0.523. The molecule has 1 fully saturated rings. The Balaban J connectivity index is 2.44. The number of ether oxygens (including phenoxy) is 1. The van der Waals surface area contributed by atoms with Gasteiger partial charge in [-0.3, -0.25) is 4.79 Å². The maximum atomic E-state index is 13.7. The van der Waals surface area contributed by atoms with Crippen molar-refractivity contribution in [3.05, 3.63) is 27.5 Å². The number of hydrogen-bond donors (Lipinski definition) is 2. The zero-order chi connectivity index (χ0) is 15.8. The normalized spacial score (nSPS) is 18.8. The van der Waals surface area contributed by atoms with Gasteiger partial charge in [-0.15, -0.1) is 0 Å². The Labute approximate surface area is 130 Å². The maximum Gasteiger partial charge on any atom is 0.253 e. The summed E-state index contributed by atoms with van der Waals surface area (Å²) in [4.78, 5) is 11.3. The fourth-order valence-electron chi connectivity index (χ4n) is 1.91. The van der Waals surface area contributed by atoms with E-state index in [1.807, 2.05) is 0 Å². The fraction of sp³-hybridized carbons (Fsp3) is 0.364. The third-order valence-corrected chi connectivity index (χ3v) is 4.87. The average molecular weight is 357 g/mol. The minimum atomic E-state index is -4.38. The van der Waals surface area contributed by atoms with Crippen LogP contribution in [-0.4, -0.2) is 33.6 Å². The summed E-state index contributed by atoms with van der Waals surface area (Å²) in [6.45, 7) is 0.817. The van der Waals surface area contributed by atoms with Crippen LogP contribution in [0.2, 0.25) is 10.0 Å². The monoisotopic (exact) mass is 356 g/mol. The van der Waals surface area contributed by atoms with Crippen LogP contribution in [0.4, 0.5) is 4.39 Å². The zero-order valence-corrected chi connectivity index (χ0v) is 12.9. The highest BCUT2D eigenvalue weighted by atomic mass is 35.5. The molecule has 1 aliphatic heterocycles. The van der Waals surface area contributed by atoms with Crippen molar-refractivity contribution in [2.24, 2.45) is 5.14 Å². The predicted molar refractivity (Wildman–Crippen MR) is 74.5 cm³/mol. The zero-order valence-electron chi connectivity index (χ0n) is 10.5. The Morgan fingerprint density at radius 2 is 2.10 bits per heavy atom. The molecule has 1 saturated heterocycles. The second kappa shape index (κ2) is 6.05. The number of carbonyl (C=O) groups excluding carboxylic acids is 1. The van der Waals surface area contributed by atoms with E-state index < -0.39 is 36.7 Å². The summed E-state index contributed by atoms with van der Waals surface area (Å²) in [5, 5.41) is 6.25. The van der Waals surface area contributed by atoms with Crippen molar-refractivity contribution in [2.75, 3.05) is 13.2 Å². The van der Waals surface area contributed by atoms with E-state index in [1.165, 1.54) is 0 Å². The summed E-state index contributed by atoms with van der Waals surface area (Å²) in [6.07, 6.45) is 0.599. The molecule has 0 aromatic heterocycles. The van der Waals surface area contributed by atoms with Crippen molar-refractivity contribution in [2.45, 2.75) is 17.4 Å². The van der Waals surface area contributed by atoms with Gasteiger partial charge in [0, 0.05) is 6.61 Å². The molecular formula is C11H11Cl2FN2O4S. The third-order valence-electron chi connectivity index (χ3n) is 2.91. The van der Waals surface area contributed by atoms with Crippen LogP contribution < -0.4 is 10.5 Å². The van der Waals surface area contributed by atoms with Crippen LogP contribution in [0.25, 0.3) is 0 Å². The molecule has 1 aliphatic rings. The molecule has 1 atom stereocenters. The lowest BCUT2D eigenvalue weighted by Gasteiger charge is -2.14. The van der Waals surface area contributed by atoms with Crippen molar-refractivity contribution in [1.29, 1.82) is 0 Å². The molecule has 1 unspecified atom stereocenters. The van der Waals surface area contributed by atoms with Crippen LogP contribution in [-0.2, 0) is 14.8 Å². The third kappa shape index (κ3) is 3.46. The van der Waals surface area contributed by atoms with Crippen LogP contribution in [0, 0.1) is 5.82 Å². The second-order valence-electron chi connectivity index (χ2n) is 4.44. The minimum absolute atomic E-state index is 0.245. The summed E-state index contributed by atoms with van der Waals surface area (Å²) in [5.41, 5.74) is -0.352. The van der Waals surface area contributed by atoms with Gasteiger partial charge >= 0.3 is 0 Å². The van der Waals surface area contributed by atoms with E-state index in [0.717, 1.165) is 6.07 Å². The van der Waals surface area contributed by atoms with Gasteiger partial charge in [0.25, 0.3) is 5.91 Å². The Morgan fingerprint density at radius 1 is 1.43 bits per heavy atom. The molecule has 1 aromatic rings. The molecule has 1 aromatic carbocycles. The number of nitrogens with two attached hydrogens (primary N) is 1. The molecule has 21 heavy (non-hydrogen) atoms. The first kappa shape index (κ1) is 16.4. The molecule has 0 aliphatic carbocycles. The topological polar surface area (TPSA) is 98.5 Å². The number of hydrogen-bond acceptors (Lipinski definition) is 4. The van der Waals surface area contributed by atoms with Gasteiger partial charge in [-0.05, 0) is 12.5 Å². The summed E-state index contributed by atoms with van der Waals surface area (Å²) in [5.74, 6) is -1.83. The van der Waals surface area contributed by atoms with Crippen molar-refractivity contribution in [3.63, 3.8) is 0 Å². The van der Waals surface area contributed by atoms with Gasteiger partial charge in [-0.1, -0.05) is 23.2 Å². The molecule has 1 heterocycles. The van der Waals surface area contributed by atoms with Gasteiger partial charge < -0.3 is 10.1 Å². The number of primary sulfonamides is 1. The highest BCUT2D eigenvalue weighted by Crippen LogP contribution is 2.33. The van der Waals surface area contributed by atoms with Crippen molar-refractivity contribution in [1.82, 2.24) is 5.32 Å². The first-order valence-corrected chi connectivity index (χ1v) is 8.11. The molecule has 0 spiro atoms. The fourth-order valence-corrected chi connectivity index (χ4v) is 3.69. The van der Waals surface area contributed by atoms with Crippen LogP contribution in [0.3, 0.4) is 0 Å². The summed E-state index contributed by atoms with van der Waals surface area (Å²) < 4.78 is 41.7. The van der Waals surface area contributed by atoms with E-state index in [-0.39, 0.29) is 11.6 Å². The first-order chi connectivity index (χ1) is 9.71. The first-order valence-electron chi connectivity index (χ1n) is 5.80. The molecule has 116 valence electrons. The largest absolute Gasteiger partial charge is 0.379 e. The quantitative estimate of drug-likeness (QED) is 0.797. The van der Waals surface area contributed by atoms with E-state index in [1.54, 1.807) is 0 Å². The Kier molecular flexibility index (Phi) is 4.74. The highest BCUT2D eigenvalue weighted by Gasteiger charge is 2.28. The molecule has 6 nitrogen and oxygen atoms in total. The lowest BCUT2D eigenvalue weighted by molar-refractivity contribution is 0.0929. The molecule has 10 heteroatoms. The standard InChI is InChI=1S/C11H11Cl2FN2O4S/c12-8-6(11(17)16-5-1-2-20-4-5)3-7(14)9(13)10(8)21(15,18)19/h3,5H,1-2,4H2,(H,16,17)(H2,15,18,19). The number of sulfonamides is 1. The van der Waals surface area contributed by atoms with Gasteiger partial charge in [0.2, 0.25) is 10.0 Å². The van der Waals surface area contributed by atoms with Crippen LogP contribution in [0.15, 0.2) is 11.0 Å². The molecule has 0 radical (unpaired) electrons. The molecule has 3 N–H and O–H groups in total. The number of amides is 1. The van der Waals surface area contributed by atoms with Crippen LogP contribution in [0.5, 0.6) is 0 Å². The molecule has 2 rings (SSSR count). The summed E-state index contributed by atoms with van der Waals surface area (Å²) in [7, 11) is -4.38. The minimum Gasteiger partial charge on any atom is -0.379 e. The Bertz CT molecular complexity index is 690. The molecule has 1 amide bonds. The maximum absolute atomic E-state index is 13.7. The van der Waals surface area contributed by atoms with Crippen molar-refractivity contribution < 1.29 is 22.3 Å². The predicted octanol–water partition coefficient (Wildman–Crippen LogP) is 1.30. The lowest BCUT2D eigenvalue weighted by atomic mass is 10.1. The van der Waals surface area contributed by atoms with E-state index in [2.05, 4.69) is 5.32 Å². The van der Waals surface area contributed by atoms with E-state index >= 15 is 0 Å². The van der Waals surface area contributed by atoms with Gasteiger partial charge in [0.15, 0.2) is 0 Å². The smallest absolute Gasteiger partial charge is 0.253 e. The molecule has 0 bridgehead atoms. The van der Waals surface area contributed by atoms with Crippen LogP contribution >= 0.6 is 23.2 Å². The number of carbonyl (C=O) groups is 1. The van der Waals surface area contributed by atoms with Crippen LogP contribution in [0.1, 0.15) is 16.8 Å². The van der Waals surface area contributed by atoms with E-state index in [9.17, 15) is 17.6 Å².